The average Bonchev–Trinajstić information content (AvgIpc) is 3.12. The first-order valence-electron chi connectivity index (χ1n) is 8.71. The number of benzene rings is 1. The van der Waals surface area contributed by atoms with Crippen LogP contribution in [0.15, 0.2) is 23.7 Å². The molecule has 2 aliphatic rings. The second-order valence-electron chi connectivity index (χ2n) is 6.71. The lowest BCUT2D eigenvalue weighted by molar-refractivity contribution is -0.214. The maximum absolute atomic E-state index is 10.3. The Hall–Kier alpha value is -1.58. The first-order chi connectivity index (χ1) is 12.6. The Balaban J connectivity index is 0.000000613. The van der Waals surface area contributed by atoms with Gasteiger partial charge in [-0.05, 0) is 30.9 Å². The quantitative estimate of drug-likeness (QED) is 0.678. The van der Waals surface area contributed by atoms with Crippen molar-refractivity contribution in [2.45, 2.75) is 43.6 Å². The lowest BCUT2D eigenvalue weighted by Gasteiger charge is -2.48. The number of hydrogen-bond donors (Lipinski definition) is 3. The molecule has 8 heteroatoms. The van der Waals surface area contributed by atoms with E-state index in [9.17, 15) is 10.2 Å². The predicted octanol–water partition coefficient (Wildman–Crippen LogP) is 1.47. The first kappa shape index (κ1) is 19.2. The third kappa shape index (κ3) is 3.89. The number of carboxylic acid groups (broad SMARTS) is 1. The van der Waals surface area contributed by atoms with Gasteiger partial charge < -0.3 is 20.1 Å². The van der Waals surface area contributed by atoms with Crippen LogP contribution in [0.5, 0.6) is 0 Å². The maximum atomic E-state index is 10.3. The zero-order valence-corrected chi connectivity index (χ0v) is 15.3. The van der Waals surface area contributed by atoms with Crippen molar-refractivity contribution in [2.24, 2.45) is 0 Å². The topological polar surface area (TPSA) is 103 Å². The van der Waals surface area contributed by atoms with E-state index in [1.807, 2.05) is 11.6 Å². The Morgan fingerprint density at radius 1 is 1.35 bits per heavy atom. The summed E-state index contributed by atoms with van der Waals surface area (Å²) < 4.78 is 7.16. The smallest absolute Gasteiger partial charge is 0.290 e. The SMILES string of the molecule is O=CO.O[C@H]1CCOC2(CCN(Cc3cccc4ncsc34)CC2)[C@H]1O. The number of ether oxygens (including phenoxy) is 1. The summed E-state index contributed by atoms with van der Waals surface area (Å²) in [7, 11) is 0. The van der Waals surface area contributed by atoms with Gasteiger partial charge in [-0.3, -0.25) is 9.69 Å². The van der Waals surface area contributed by atoms with Crippen molar-refractivity contribution in [1.82, 2.24) is 9.88 Å². The van der Waals surface area contributed by atoms with Crippen molar-refractivity contribution in [3.8, 4) is 0 Å². The first-order valence-corrected chi connectivity index (χ1v) is 9.59. The van der Waals surface area contributed by atoms with E-state index in [1.54, 1.807) is 11.3 Å². The molecule has 3 N–H and O–H groups in total. The molecule has 142 valence electrons. The number of fused-ring (bicyclic) bond motifs is 1. The van der Waals surface area contributed by atoms with Gasteiger partial charge in [0.05, 0.1) is 34.0 Å². The highest BCUT2D eigenvalue weighted by Gasteiger charge is 2.47. The zero-order valence-electron chi connectivity index (χ0n) is 14.5. The zero-order chi connectivity index (χ0) is 18.6. The normalized spacial score (nSPS) is 25.6. The van der Waals surface area contributed by atoms with Crippen molar-refractivity contribution in [2.75, 3.05) is 19.7 Å². The van der Waals surface area contributed by atoms with Gasteiger partial charge in [0.25, 0.3) is 6.47 Å². The largest absolute Gasteiger partial charge is 0.483 e. The lowest BCUT2D eigenvalue weighted by atomic mass is 9.80. The molecule has 2 atom stereocenters. The third-order valence-electron chi connectivity index (χ3n) is 5.24. The maximum Gasteiger partial charge on any atom is 0.290 e. The second-order valence-corrected chi connectivity index (χ2v) is 7.57. The van der Waals surface area contributed by atoms with Crippen LogP contribution < -0.4 is 0 Å². The van der Waals surface area contributed by atoms with Gasteiger partial charge >= 0.3 is 0 Å². The second kappa shape index (κ2) is 8.41. The van der Waals surface area contributed by atoms with Gasteiger partial charge in [0, 0.05) is 19.6 Å². The Labute approximate surface area is 155 Å². The van der Waals surface area contributed by atoms with Crippen molar-refractivity contribution in [3.63, 3.8) is 0 Å². The van der Waals surface area contributed by atoms with Crippen LogP contribution in [0.3, 0.4) is 0 Å². The summed E-state index contributed by atoms with van der Waals surface area (Å²) in [5, 5.41) is 27.2. The molecule has 0 amide bonds. The number of likely N-dealkylation sites (tertiary alicyclic amines) is 1. The van der Waals surface area contributed by atoms with E-state index in [4.69, 9.17) is 14.6 Å². The van der Waals surface area contributed by atoms with Crippen LogP contribution in [0.4, 0.5) is 0 Å². The van der Waals surface area contributed by atoms with Crippen molar-refractivity contribution >= 4 is 28.0 Å². The third-order valence-corrected chi connectivity index (χ3v) is 6.16. The summed E-state index contributed by atoms with van der Waals surface area (Å²) in [6, 6.07) is 6.28. The molecular formula is C18H24N2O5S. The number of aliphatic hydroxyl groups excluding tert-OH is 2. The molecule has 26 heavy (non-hydrogen) atoms. The van der Waals surface area contributed by atoms with Crippen LogP contribution >= 0.6 is 11.3 Å². The van der Waals surface area contributed by atoms with Crippen LogP contribution in [-0.4, -0.2) is 69.2 Å². The van der Waals surface area contributed by atoms with Crippen LogP contribution in [0.2, 0.25) is 0 Å². The predicted molar refractivity (Wildman–Crippen MR) is 98.1 cm³/mol. The fourth-order valence-electron chi connectivity index (χ4n) is 3.82. The van der Waals surface area contributed by atoms with E-state index in [1.165, 1.54) is 10.3 Å². The van der Waals surface area contributed by atoms with Crippen molar-refractivity contribution in [3.05, 3.63) is 29.3 Å². The molecule has 0 bridgehead atoms. The highest BCUT2D eigenvalue weighted by atomic mass is 32.1. The van der Waals surface area contributed by atoms with Gasteiger partial charge in [-0.25, -0.2) is 4.98 Å². The molecule has 2 saturated heterocycles. The molecule has 0 saturated carbocycles. The molecule has 3 heterocycles. The summed E-state index contributed by atoms with van der Waals surface area (Å²) in [6.07, 6.45) is 0.651. The molecule has 7 nitrogen and oxygen atoms in total. The van der Waals surface area contributed by atoms with Gasteiger partial charge in [-0.1, -0.05) is 12.1 Å². The van der Waals surface area contributed by atoms with E-state index in [-0.39, 0.29) is 6.47 Å². The minimum atomic E-state index is -0.761. The highest BCUT2D eigenvalue weighted by Crippen LogP contribution is 2.36. The number of rotatable bonds is 2. The van der Waals surface area contributed by atoms with Crippen LogP contribution in [0.25, 0.3) is 10.2 Å². The monoisotopic (exact) mass is 380 g/mol. The molecule has 2 fully saturated rings. The number of aromatic nitrogens is 1. The minimum absolute atomic E-state index is 0.250. The molecule has 4 rings (SSSR count). The van der Waals surface area contributed by atoms with E-state index >= 15 is 0 Å². The fourth-order valence-corrected chi connectivity index (χ4v) is 4.61. The molecule has 1 aromatic heterocycles. The minimum Gasteiger partial charge on any atom is -0.483 e. The number of carbonyl (C=O) groups is 1. The summed E-state index contributed by atoms with van der Waals surface area (Å²) >= 11 is 1.69. The molecule has 0 radical (unpaired) electrons. The Morgan fingerprint density at radius 3 is 2.81 bits per heavy atom. The van der Waals surface area contributed by atoms with E-state index in [0.29, 0.717) is 13.0 Å². The van der Waals surface area contributed by atoms with Crippen molar-refractivity contribution < 1.29 is 24.9 Å². The van der Waals surface area contributed by atoms with Crippen LogP contribution in [0.1, 0.15) is 24.8 Å². The summed E-state index contributed by atoms with van der Waals surface area (Å²) in [5.74, 6) is 0. The molecule has 0 aliphatic carbocycles. The van der Waals surface area contributed by atoms with Gasteiger partial charge in [-0.15, -0.1) is 11.3 Å². The molecule has 2 aromatic rings. The molecule has 1 spiro atoms. The Kier molecular flexibility index (Phi) is 6.20. The Bertz CT molecular complexity index is 729. The number of nitrogens with zero attached hydrogens (tertiary/aromatic N) is 2. The molecule has 2 aliphatic heterocycles. The number of thiazole rings is 1. The van der Waals surface area contributed by atoms with E-state index in [0.717, 1.165) is 38.0 Å². The summed E-state index contributed by atoms with van der Waals surface area (Å²) in [5.41, 5.74) is 3.72. The van der Waals surface area contributed by atoms with Crippen LogP contribution in [-0.2, 0) is 16.1 Å². The fraction of sp³-hybridized carbons (Fsp3) is 0.556. The van der Waals surface area contributed by atoms with Crippen molar-refractivity contribution in [1.29, 1.82) is 0 Å². The number of piperidine rings is 1. The Morgan fingerprint density at radius 2 is 2.08 bits per heavy atom. The summed E-state index contributed by atoms with van der Waals surface area (Å²) in [6.45, 7) is 2.94. The lowest BCUT2D eigenvalue weighted by Crippen LogP contribution is -2.59. The van der Waals surface area contributed by atoms with E-state index in [2.05, 4.69) is 22.0 Å². The number of hydrogen-bond acceptors (Lipinski definition) is 7. The van der Waals surface area contributed by atoms with Gasteiger partial charge in [0.1, 0.15) is 6.10 Å². The van der Waals surface area contributed by atoms with E-state index < -0.39 is 17.8 Å². The van der Waals surface area contributed by atoms with Gasteiger partial charge in [0.2, 0.25) is 0 Å². The van der Waals surface area contributed by atoms with Gasteiger partial charge in [-0.2, -0.15) is 0 Å². The highest BCUT2D eigenvalue weighted by molar-refractivity contribution is 7.16. The standard InChI is InChI=1S/C17H22N2O3S.CH2O2/c20-14-4-9-22-17(16(14)21)5-7-19(8-6-17)10-12-2-1-3-13-15(12)23-11-18-13;2-1-3/h1-3,11,14,16,20-21H,4-10H2;1H,(H,2,3)/t14-,16-;/m0./s1. The number of aliphatic hydroxyl groups is 2. The summed E-state index contributed by atoms with van der Waals surface area (Å²) in [4.78, 5) is 15.1. The molecular weight excluding hydrogens is 356 g/mol. The average molecular weight is 380 g/mol. The molecule has 1 aromatic carbocycles. The van der Waals surface area contributed by atoms with Gasteiger partial charge in [0.15, 0.2) is 0 Å². The van der Waals surface area contributed by atoms with Crippen LogP contribution in [0, 0.1) is 0 Å². The molecule has 0 unspecified atom stereocenters.